The first-order valence-corrected chi connectivity index (χ1v) is 14.3. The number of ether oxygens (including phenoxy) is 2. The van der Waals surface area contributed by atoms with Crippen LogP contribution in [0.5, 0.6) is 11.8 Å². The van der Waals surface area contributed by atoms with Crippen molar-refractivity contribution in [1.29, 1.82) is 0 Å². The number of nitro groups is 1. The summed E-state index contributed by atoms with van der Waals surface area (Å²) in [5, 5.41) is 13.1. The monoisotopic (exact) mass is 608 g/mol. The largest absolute Gasteiger partial charge is 0.490 e. The van der Waals surface area contributed by atoms with Crippen LogP contribution in [0.1, 0.15) is 17.5 Å². The van der Waals surface area contributed by atoms with Gasteiger partial charge < -0.3 is 24.5 Å². The predicted octanol–water partition coefficient (Wildman–Crippen LogP) is 5.53. The van der Waals surface area contributed by atoms with Gasteiger partial charge in [-0.05, 0) is 58.0 Å². The second-order valence-electron chi connectivity index (χ2n) is 10.7. The van der Waals surface area contributed by atoms with Gasteiger partial charge >= 0.3 is 18.0 Å². The highest BCUT2D eigenvalue weighted by Crippen LogP contribution is 2.31. The van der Waals surface area contributed by atoms with Crippen LogP contribution in [0.3, 0.4) is 0 Å². The third-order valence-corrected chi connectivity index (χ3v) is 7.80. The lowest BCUT2D eigenvalue weighted by Gasteiger charge is -2.36. The van der Waals surface area contributed by atoms with Gasteiger partial charge in [0.2, 0.25) is 0 Å². The van der Waals surface area contributed by atoms with Crippen LogP contribution in [0, 0.1) is 10.1 Å². The number of benzene rings is 3. The maximum Gasteiger partial charge on any atom is 0.416 e. The zero-order valence-corrected chi connectivity index (χ0v) is 23.7. The maximum atomic E-state index is 12.8. The minimum absolute atomic E-state index is 0.222. The first-order chi connectivity index (χ1) is 21.2. The first kappa shape index (κ1) is 29.5. The van der Waals surface area contributed by atoms with Gasteiger partial charge in [0.25, 0.3) is 0 Å². The van der Waals surface area contributed by atoms with E-state index in [1.165, 1.54) is 18.3 Å². The Morgan fingerprint density at radius 3 is 2.23 bits per heavy atom. The molecule has 6 rings (SSSR count). The van der Waals surface area contributed by atoms with E-state index in [9.17, 15) is 23.3 Å². The van der Waals surface area contributed by atoms with E-state index in [1.54, 1.807) is 4.57 Å². The number of halogens is 3. The molecule has 0 amide bonds. The lowest BCUT2D eigenvalue weighted by atomic mass is 10.0. The molecular formula is C31H31F3N6O4. The van der Waals surface area contributed by atoms with E-state index in [4.69, 9.17) is 9.47 Å². The molecule has 2 aliphatic heterocycles. The van der Waals surface area contributed by atoms with Crippen molar-refractivity contribution in [1.82, 2.24) is 20.0 Å². The highest BCUT2D eigenvalue weighted by atomic mass is 19.4. The number of alkyl halides is 3. The number of hydrogen-bond acceptors (Lipinski definition) is 8. The zero-order chi connectivity index (χ0) is 30.7. The number of rotatable bonds is 9. The van der Waals surface area contributed by atoms with Crippen LogP contribution >= 0.6 is 0 Å². The Morgan fingerprint density at radius 1 is 0.932 bits per heavy atom. The van der Waals surface area contributed by atoms with Gasteiger partial charge in [-0.3, -0.25) is 9.99 Å². The summed E-state index contributed by atoms with van der Waals surface area (Å²) >= 11 is 0. The first-order valence-electron chi connectivity index (χ1n) is 14.3. The van der Waals surface area contributed by atoms with Crippen molar-refractivity contribution >= 4 is 11.5 Å². The van der Waals surface area contributed by atoms with E-state index in [1.807, 2.05) is 48.5 Å². The summed E-state index contributed by atoms with van der Waals surface area (Å²) in [6.45, 7) is 4.96. The van der Waals surface area contributed by atoms with Crippen molar-refractivity contribution in [2.75, 3.05) is 37.7 Å². The second kappa shape index (κ2) is 12.5. The number of hydrogen-bond donors (Lipinski definition) is 1. The van der Waals surface area contributed by atoms with E-state index in [0.29, 0.717) is 26.1 Å². The number of aromatic nitrogens is 2. The smallest absolute Gasteiger partial charge is 0.416 e. The minimum atomic E-state index is -4.34. The van der Waals surface area contributed by atoms with Gasteiger partial charge in [-0.1, -0.05) is 36.4 Å². The Morgan fingerprint density at radius 2 is 1.59 bits per heavy atom. The van der Waals surface area contributed by atoms with Crippen molar-refractivity contribution in [3.8, 4) is 22.9 Å². The summed E-state index contributed by atoms with van der Waals surface area (Å²) in [5.41, 5.74) is 6.64. The van der Waals surface area contributed by atoms with Gasteiger partial charge in [-0.15, -0.1) is 0 Å². The molecule has 2 aliphatic rings. The molecule has 0 bridgehead atoms. The van der Waals surface area contributed by atoms with Crippen LogP contribution in [0.2, 0.25) is 0 Å². The van der Waals surface area contributed by atoms with E-state index in [0.717, 1.165) is 66.4 Å². The van der Waals surface area contributed by atoms with Gasteiger partial charge in [-0.25, -0.2) is 5.01 Å². The van der Waals surface area contributed by atoms with Gasteiger partial charge in [0.15, 0.2) is 0 Å². The van der Waals surface area contributed by atoms with Crippen LogP contribution in [0.4, 0.5) is 24.7 Å². The lowest BCUT2D eigenvalue weighted by Crippen LogP contribution is -2.51. The standard InChI is InChI=1S/C31H31F3N6O4/c32-31(33,34)25-7-5-24(6-8-25)23-3-1-22(2-4-23)19-35-39-17-15-37(16-18-39)26-9-11-27(12-10-26)43-21-28-13-14-38-20-29(40(41)42)36-30(38)44-28/h1-12,20,28,35H,13-19,21H2. The molecule has 44 heavy (non-hydrogen) atoms. The summed E-state index contributed by atoms with van der Waals surface area (Å²) in [6, 6.07) is 21.2. The SMILES string of the molecule is O=[N+]([O-])c1cn2c(n1)OC(COc1ccc(N3CCN(NCc4ccc(-c5ccc(C(F)(F)F)cc5)cc4)CC3)cc1)CC2. The lowest BCUT2D eigenvalue weighted by molar-refractivity contribution is -0.389. The Kier molecular flexibility index (Phi) is 8.40. The van der Waals surface area contributed by atoms with Crippen LogP contribution < -0.4 is 19.8 Å². The Labute approximate surface area is 251 Å². The van der Waals surface area contributed by atoms with Crippen LogP contribution in [-0.2, 0) is 19.3 Å². The molecule has 0 saturated carbocycles. The third-order valence-electron chi connectivity index (χ3n) is 7.80. The van der Waals surface area contributed by atoms with Gasteiger partial charge in [-0.2, -0.15) is 13.2 Å². The number of hydrazine groups is 1. The predicted molar refractivity (Wildman–Crippen MR) is 157 cm³/mol. The molecule has 0 spiro atoms. The number of fused-ring (bicyclic) bond motifs is 1. The Balaban J connectivity index is 0.925. The number of nitrogens with one attached hydrogen (secondary N) is 1. The van der Waals surface area contributed by atoms with Gasteiger partial charge in [0, 0.05) is 56.4 Å². The molecule has 1 unspecified atom stereocenters. The van der Waals surface area contributed by atoms with E-state index < -0.39 is 16.7 Å². The zero-order valence-electron chi connectivity index (χ0n) is 23.7. The summed E-state index contributed by atoms with van der Waals surface area (Å²) < 4.78 is 51.8. The van der Waals surface area contributed by atoms with Crippen molar-refractivity contribution in [2.45, 2.75) is 31.8 Å². The fraction of sp³-hybridized carbons (Fsp3) is 0.323. The van der Waals surface area contributed by atoms with Crippen molar-refractivity contribution in [3.63, 3.8) is 0 Å². The average molecular weight is 609 g/mol. The van der Waals surface area contributed by atoms with Crippen molar-refractivity contribution in [3.05, 3.63) is 100 Å². The topological polar surface area (TPSA) is 97.9 Å². The summed E-state index contributed by atoms with van der Waals surface area (Å²) in [6.07, 6.45) is -2.52. The molecule has 3 heterocycles. The fourth-order valence-electron chi connectivity index (χ4n) is 5.27. The number of aryl methyl sites for hydroxylation is 1. The van der Waals surface area contributed by atoms with E-state index >= 15 is 0 Å². The van der Waals surface area contributed by atoms with Crippen LogP contribution in [0.25, 0.3) is 11.1 Å². The Bertz CT molecular complexity index is 1570. The number of imidazole rings is 1. The molecule has 13 heteroatoms. The van der Waals surface area contributed by atoms with Gasteiger partial charge in [0.05, 0.1) is 5.56 Å². The Hall–Kier alpha value is -4.62. The molecule has 1 N–H and O–H groups in total. The van der Waals surface area contributed by atoms with E-state index in [2.05, 4.69) is 20.3 Å². The van der Waals surface area contributed by atoms with Crippen LogP contribution in [-0.4, -0.2) is 58.4 Å². The fourth-order valence-corrected chi connectivity index (χ4v) is 5.27. The molecule has 1 atom stereocenters. The molecule has 1 saturated heterocycles. The third kappa shape index (κ3) is 6.95. The number of piperazine rings is 1. The molecule has 10 nitrogen and oxygen atoms in total. The van der Waals surface area contributed by atoms with Crippen molar-refractivity contribution < 1.29 is 27.6 Å². The van der Waals surface area contributed by atoms with Crippen LogP contribution in [0.15, 0.2) is 79.0 Å². The molecule has 0 radical (unpaired) electrons. The number of nitrogens with zero attached hydrogens (tertiary/aromatic N) is 5. The molecule has 1 fully saturated rings. The second-order valence-corrected chi connectivity index (χ2v) is 10.7. The van der Waals surface area contributed by atoms with E-state index in [-0.39, 0.29) is 17.9 Å². The molecule has 4 aromatic rings. The molecule has 3 aromatic carbocycles. The summed E-state index contributed by atoms with van der Waals surface area (Å²) in [7, 11) is 0. The molecule has 0 aliphatic carbocycles. The minimum Gasteiger partial charge on any atom is -0.490 e. The summed E-state index contributed by atoms with van der Waals surface area (Å²) in [5.74, 6) is 0.502. The normalized spacial score (nSPS) is 17.2. The number of anilines is 1. The molecule has 230 valence electrons. The molecular weight excluding hydrogens is 577 g/mol. The van der Waals surface area contributed by atoms with Gasteiger partial charge in [0.1, 0.15) is 24.7 Å². The molecule has 1 aromatic heterocycles. The average Bonchev–Trinajstić information content (AvgIpc) is 3.47. The quantitative estimate of drug-likeness (QED) is 0.196. The summed E-state index contributed by atoms with van der Waals surface area (Å²) in [4.78, 5) is 16.6. The maximum absolute atomic E-state index is 12.8. The highest BCUT2D eigenvalue weighted by Gasteiger charge is 2.30. The highest BCUT2D eigenvalue weighted by molar-refractivity contribution is 5.64. The van der Waals surface area contributed by atoms with Crippen molar-refractivity contribution in [2.24, 2.45) is 0 Å².